The van der Waals surface area contributed by atoms with Crippen LogP contribution in [0.5, 0.6) is 0 Å². The summed E-state index contributed by atoms with van der Waals surface area (Å²) >= 11 is 0. The lowest BCUT2D eigenvalue weighted by Gasteiger charge is -2.06. The minimum atomic E-state index is -0.297. The van der Waals surface area contributed by atoms with Gasteiger partial charge < -0.3 is 0 Å². The van der Waals surface area contributed by atoms with Crippen molar-refractivity contribution >= 4 is 6.08 Å². The minimum Gasteiger partial charge on any atom is -0.259 e. The summed E-state index contributed by atoms with van der Waals surface area (Å²) in [6.07, 6.45) is 1.98. The summed E-state index contributed by atoms with van der Waals surface area (Å²) < 4.78 is 0. The van der Waals surface area contributed by atoms with E-state index >= 15 is 0 Å². The maximum atomic E-state index is 11.2. The monoisotopic (exact) mass is 267 g/mol. The molecule has 0 amide bonds. The third kappa shape index (κ3) is 3.54. The number of rotatable bonds is 4. The largest absolute Gasteiger partial charge is 0.259 e. The molecule has 2 aromatic carbocycles. The van der Waals surface area contributed by atoms with Gasteiger partial charge in [-0.05, 0) is 30.5 Å². The van der Waals surface area contributed by atoms with E-state index in [0.29, 0.717) is 6.42 Å². The van der Waals surface area contributed by atoms with Gasteiger partial charge in [0.1, 0.15) is 0 Å². The first-order chi connectivity index (χ1) is 9.56. The highest BCUT2D eigenvalue weighted by Gasteiger charge is 2.13. The van der Waals surface area contributed by atoms with E-state index < -0.39 is 0 Å². The predicted octanol–water partition coefficient (Wildman–Crippen LogP) is 4.16. The summed E-state index contributed by atoms with van der Waals surface area (Å²) in [6, 6.07) is 15.4. The Labute approximate surface area is 118 Å². The number of hydrogen-bond acceptors (Lipinski definition) is 2. The number of aryl methyl sites for hydroxylation is 2. The lowest BCUT2D eigenvalue weighted by atomic mass is 10.0. The molecule has 3 heteroatoms. The smallest absolute Gasteiger partial charge is 0.251 e. The van der Waals surface area contributed by atoms with Crippen LogP contribution >= 0.6 is 0 Å². The molecular weight excluding hydrogens is 250 g/mol. The van der Waals surface area contributed by atoms with Gasteiger partial charge >= 0.3 is 0 Å². The fourth-order valence-electron chi connectivity index (χ4n) is 2.10. The second kappa shape index (κ2) is 6.15. The summed E-state index contributed by atoms with van der Waals surface area (Å²) in [4.78, 5) is 10.9. The minimum absolute atomic E-state index is 0.213. The standard InChI is InChI=1S/C17H17NO2/c1-13-8-9-14(2)16(10-13)12-17(18(19)20)11-15-6-4-3-5-7-15/h3-11H,12H2,1-2H3/b17-11+. The molecule has 0 atom stereocenters. The van der Waals surface area contributed by atoms with Crippen LogP contribution < -0.4 is 0 Å². The molecule has 20 heavy (non-hydrogen) atoms. The molecule has 0 fully saturated rings. The van der Waals surface area contributed by atoms with Gasteiger partial charge in [-0.25, -0.2) is 0 Å². The fourth-order valence-corrected chi connectivity index (χ4v) is 2.10. The molecule has 0 N–H and O–H groups in total. The molecule has 2 aromatic rings. The molecule has 0 heterocycles. The van der Waals surface area contributed by atoms with Crippen LogP contribution in [0.2, 0.25) is 0 Å². The average molecular weight is 267 g/mol. The molecule has 0 bridgehead atoms. The van der Waals surface area contributed by atoms with Gasteiger partial charge in [0.2, 0.25) is 0 Å². The third-order valence-electron chi connectivity index (χ3n) is 3.24. The SMILES string of the molecule is Cc1ccc(C)c(C/C(=C\c2ccccc2)[N+](=O)[O-])c1. The molecule has 0 saturated heterocycles. The Kier molecular flexibility index (Phi) is 4.31. The number of benzene rings is 2. The van der Waals surface area contributed by atoms with Gasteiger partial charge in [0, 0.05) is 6.08 Å². The average Bonchev–Trinajstić information content (AvgIpc) is 2.43. The molecule has 0 radical (unpaired) electrons. The molecule has 0 unspecified atom stereocenters. The van der Waals surface area contributed by atoms with Crippen molar-refractivity contribution in [1.82, 2.24) is 0 Å². The zero-order chi connectivity index (χ0) is 14.5. The first kappa shape index (κ1) is 14.0. The van der Waals surface area contributed by atoms with Gasteiger partial charge in [-0.15, -0.1) is 0 Å². The first-order valence-electron chi connectivity index (χ1n) is 6.52. The van der Waals surface area contributed by atoms with E-state index in [1.54, 1.807) is 6.08 Å². The van der Waals surface area contributed by atoms with E-state index in [2.05, 4.69) is 0 Å². The molecule has 0 aliphatic carbocycles. The van der Waals surface area contributed by atoms with E-state index in [-0.39, 0.29) is 10.6 Å². The van der Waals surface area contributed by atoms with Crippen molar-refractivity contribution in [2.24, 2.45) is 0 Å². The molecule has 0 spiro atoms. The quantitative estimate of drug-likeness (QED) is 0.616. The second-order valence-corrected chi connectivity index (χ2v) is 4.91. The van der Waals surface area contributed by atoms with Crippen molar-refractivity contribution in [2.75, 3.05) is 0 Å². The Morgan fingerprint density at radius 2 is 1.85 bits per heavy atom. The van der Waals surface area contributed by atoms with Crippen LogP contribution in [0.4, 0.5) is 0 Å². The summed E-state index contributed by atoms with van der Waals surface area (Å²) in [5, 5.41) is 11.2. The molecular formula is C17H17NO2. The number of hydrogen-bond donors (Lipinski definition) is 0. The summed E-state index contributed by atoms with van der Waals surface area (Å²) in [7, 11) is 0. The van der Waals surface area contributed by atoms with Crippen LogP contribution in [0.15, 0.2) is 54.2 Å². The number of allylic oxidation sites excluding steroid dienone is 1. The molecule has 0 aliphatic heterocycles. The van der Waals surface area contributed by atoms with Crippen LogP contribution in [0.3, 0.4) is 0 Å². The highest BCUT2D eigenvalue weighted by atomic mass is 16.6. The maximum Gasteiger partial charge on any atom is 0.251 e. The molecule has 2 rings (SSSR count). The van der Waals surface area contributed by atoms with Crippen molar-refractivity contribution in [3.63, 3.8) is 0 Å². The molecule has 0 aromatic heterocycles. The van der Waals surface area contributed by atoms with Gasteiger partial charge in [-0.1, -0.05) is 54.1 Å². The zero-order valence-electron chi connectivity index (χ0n) is 11.7. The van der Waals surface area contributed by atoms with Crippen molar-refractivity contribution < 1.29 is 4.92 Å². The van der Waals surface area contributed by atoms with Crippen molar-refractivity contribution in [1.29, 1.82) is 0 Å². The second-order valence-electron chi connectivity index (χ2n) is 4.91. The number of nitrogens with zero attached hydrogens (tertiary/aromatic N) is 1. The van der Waals surface area contributed by atoms with E-state index in [9.17, 15) is 10.1 Å². The van der Waals surface area contributed by atoms with Crippen molar-refractivity contribution in [3.8, 4) is 0 Å². The van der Waals surface area contributed by atoms with Gasteiger partial charge in [0.05, 0.1) is 11.3 Å². The molecule has 0 saturated carbocycles. The zero-order valence-corrected chi connectivity index (χ0v) is 11.7. The van der Waals surface area contributed by atoms with Crippen LogP contribution in [0, 0.1) is 24.0 Å². The van der Waals surface area contributed by atoms with Gasteiger partial charge in [0.25, 0.3) is 5.70 Å². The third-order valence-corrected chi connectivity index (χ3v) is 3.24. The Morgan fingerprint density at radius 1 is 1.15 bits per heavy atom. The Hall–Kier alpha value is -2.42. The van der Waals surface area contributed by atoms with E-state index in [4.69, 9.17) is 0 Å². The first-order valence-corrected chi connectivity index (χ1v) is 6.52. The normalized spacial score (nSPS) is 11.4. The summed E-state index contributed by atoms with van der Waals surface area (Å²) in [6.45, 7) is 3.98. The van der Waals surface area contributed by atoms with Crippen molar-refractivity contribution in [3.05, 3.63) is 86.6 Å². The molecule has 3 nitrogen and oxygen atoms in total. The Morgan fingerprint density at radius 3 is 2.50 bits per heavy atom. The van der Waals surface area contributed by atoms with Gasteiger partial charge in [0.15, 0.2) is 0 Å². The van der Waals surface area contributed by atoms with E-state index in [1.165, 1.54) is 0 Å². The van der Waals surface area contributed by atoms with Crippen LogP contribution in [0.25, 0.3) is 6.08 Å². The fraction of sp³-hybridized carbons (Fsp3) is 0.176. The lowest BCUT2D eigenvalue weighted by molar-refractivity contribution is -0.425. The van der Waals surface area contributed by atoms with Crippen molar-refractivity contribution in [2.45, 2.75) is 20.3 Å². The summed E-state index contributed by atoms with van der Waals surface area (Å²) in [5.74, 6) is 0. The molecule has 102 valence electrons. The topological polar surface area (TPSA) is 43.1 Å². The van der Waals surface area contributed by atoms with Gasteiger partial charge in [-0.3, -0.25) is 10.1 Å². The van der Waals surface area contributed by atoms with Crippen LogP contribution in [-0.4, -0.2) is 4.92 Å². The van der Waals surface area contributed by atoms with Crippen LogP contribution in [0.1, 0.15) is 22.3 Å². The van der Waals surface area contributed by atoms with E-state index in [1.807, 2.05) is 62.4 Å². The highest BCUT2D eigenvalue weighted by molar-refractivity contribution is 5.52. The Balaban J connectivity index is 2.33. The Bertz CT molecular complexity index is 645. The predicted molar refractivity (Wildman–Crippen MR) is 81.0 cm³/mol. The summed E-state index contributed by atoms with van der Waals surface area (Å²) in [5.41, 5.74) is 4.27. The lowest BCUT2D eigenvalue weighted by Crippen LogP contribution is -2.04. The highest BCUT2D eigenvalue weighted by Crippen LogP contribution is 2.17. The molecule has 0 aliphatic rings. The van der Waals surface area contributed by atoms with E-state index in [0.717, 1.165) is 22.3 Å². The van der Waals surface area contributed by atoms with Gasteiger partial charge in [-0.2, -0.15) is 0 Å². The van der Waals surface area contributed by atoms with Crippen LogP contribution in [-0.2, 0) is 6.42 Å². The number of nitro groups is 1. The maximum absolute atomic E-state index is 11.2.